The molecule has 9 aromatic rings. The number of aryl methyl sites for hydroxylation is 1. The second kappa shape index (κ2) is 16.4. The number of hydrogen-bond acceptors (Lipinski definition) is 4. The van der Waals surface area contributed by atoms with Crippen molar-refractivity contribution in [2.75, 3.05) is 0 Å². The van der Waals surface area contributed by atoms with Crippen LogP contribution in [0.4, 0.5) is 0 Å². The number of fused-ring (bicyclic) bond motifs is 4. The molecule has 0 N–H and O–H groups in total. The van der Waals surface area contributed by atoms with Crippen molar-refractivity contribution in [3.05, 3.63) is 163 Å². The fraction of sp³-hybridized carbons (Fsp3) is 0.180. The molecule has 0 spiro atoms. The minimum atomic E-state index is -2.24. The van der Waals surface area contributed by atoms with Gasteiger partial charge in [-0.1, -0.05) is 71.6 Å². The van der Waals surface area contributed by atoms with Gasteiger partial charge in [0.05, 0.1) is 22.4 Å². The number of nitrogens with zero attached hydrogens (tertiary/aromatic N) is 4. The van der Waals surface area contributed by atoms with E-state index in [0.717, 1.165) is 82.5 Å². The number of imidazole rings is 1. The summed E-state index contributed by atoms with van der Waals surface area (Å²) in [6.07, 6.45) is 0.502. The van der Waals surface area contributed by atoms with Crippen LogP contribution in [-0.2, 0) is 26.5 Å². The zero-order chi connectivity index (χ0) is 40.8. The SMILES string of the molecule is Cc1ccc2c(n1)oc1c(-c3nc4ccccc4n3-c3ccccc3-c3ccccc3)[c-]ccc12.[2H]C([2H])(c1cc(-c2[c-]cccc2)nc[c]1[Ge]([CH3])([CH3])[CH3])C(C)(C)C.[Ir]. The molecule has 0 fully saturated rings. The van der Waals surface area contributed by atoms with Gasteiger partial charge in [-0.15, -0.1) is 18.2 Å². The largest absolute Gasteiger partial charge is 0 e. The van der Waals surface area contributed by atoms with Crippen molar-refractivity contribution in [2.45, 2.75) is 51.3 Å². The Balaban J connectivity index is 0.000000193. The van der Waals surface area contributed by atoms with Gasteiger partial charge in [0.15, 0.2) is 0 Å². The Morgan fingerprint density at radius 3 is 2.26 bits per heavy atom. The molecule has 0 bridgehead atoms. The maximum absolute atomic E-state index is 8.76. The van der Waals surface area contributed by atoms with Crippen molar-refractivity contribution in [2.24, 2.45) is 5.41 Å². The molecule has 7 heteroatoms. The molecule has 0 aliphatic rings. The average Bonchev–Trinajstić information content (AvgIpc) is 3.79. The van der Waals surface area contributed by atoms with Gasteiger partial charge in [-0.25, -0.2) is 4.98 Å². The van der Waals surface area contributed by atoms with E-state index in [4.69, 9.17) is 12.1 Å². The third-order valence-electron chi connectivity index (χ3n) is 9.66. The molecule has 0 saturated heterocycles. The molecule has 287 valence electrons. The summed E-state index contributed by atoms with van der Waals surface area (Å²) in [6, 6.07) is 51.5. The minimum absolute atomic E-state index is 0. The molecule has 0 aliphatic carbocycles. The standard InChI is InChI=1S/C31H20N3O.C19H26GeN.Ir/c1-20-18-19-24-23-13-9-14-25(29(23)35-31(24)32-20)30-33-26-15-6-8-17-28(26)34(30)27-16-7-5-12-22(27)21-10-3-2-4-11-21;1-19(2,3)13-16-12-18(15-10-8-7-9-11-15)21-14-17(16)20(4,5)6;/h2-13,15-19H,1H3;7-10,12,14H,13H2,1-6H3;/q2*-1;/i;13D2;. The number of furan rings is 1. The smallest absolute Gasteiger partial charge is 0 e. The minimum Gasteiger partial charge on any atom is 0 e. The molecular formula is C50H46GeIrN4O-2. The van der Waals surface area contributed by atoms with Gasteiger partial charge in [0.25, 0.3) is 0 Å². The zero-order valence-electron chi connectivity index (χ0n) is 35.3. The van der Waals surface area contributed by atoms with Crippen LogP contribution in [0, 0.1) is 24.5 Å². The monoisotopic (exact) mass is 987 g/mol. The number of rotatable bonds is 6. The fourth-order valence-electron chi connectivity index (χ4n) is 7.11. The number of pyridine rings is 2. The molecule has 5 nitrogen and oxygen atoms in total. The van der Waals surface area contributed by atoms with Gasteiger partial charge in [0, 0.05) is 42.4 Å². The Morgan fingerprint density at radius 1 is 0.772 bits per heavy atom. The first-order chi connectivity index (χ1) is 27.7. The van der Waals surface area contributed by atoms with Crippen LogP contribution >= 0.6 is 0 Å². The van der Waals surface area contributed by atoms with Crippen LogP contribution in [-0.4, -0.2) is 32.8 Å². The van der Waals surface area contributed by atoms with Gasteiger partial charge in [0.2, 0.25) is 5.71 Å². The molecule has 9 rings (SSSR count). The van der Waals surface area contributed by atoms with E-state index < -0.39 is 25.1 Å². The summed E-state index contributed by atoms with van der Waals surface area (Å²) in [4.78, 5) is 14.3. The molecule has 5 aromatic carbocycles. The van der Waals surface area contributed by atoms with Gasteiger partial charge >= 0.3 is 135 Å². The molecule has 4 heterocycles. The molecule has 1 radical (unpaired) electrons. The molecule has 0 atom stereocenters. The van der Waals surface area contributed by atoms with Crippen LogP contribution in [0.25, 0.3) is 72.6 Å². The van der Waals surface area contributed by atoms with Crippen molar-refractivity contribution in [1.82, 2.24) is 19.5 Å². The van der Waals surface area contributed by atoms with E-state index in [1.54, 1.807) is 0 Å². The Hall–Kier alpha value is -5.14. The van der Waals surface area contributed by atoms with E-state index in [0.29, 0.717) is 5.71 Å². The first-order valence-corrected chi connectivity index (χ1v) is 26.4. The van der Waals surface area contributed by atoms with Crippen molar-refractivity contribution in [1.29, 1.82) is 0 Å². The second-order valence-electron chi connectivity index (χ2n) is 16.2. The van der Waals surface area contributed by atoms with E-state index in [1.807, 2.05) is 107 Å². The van der Waals surface area contributed by atoms with E-state index in [9.17, 15) is 0 Å². The summed E-state index contributed by atoms with van der Waals surface area (Å²) in [5, 5.41) is 2.00. The van der Waals surface area contributed by atoms with Gasteiger partial charge in [-0.2, -0.15) is 0 Å². The molecule has 57 heavy (non-hydrogen) atoms. The van der Waals surface area contributed by atoms with Gasteiger partial charge in [0.1, 0.15) is 0 Å². The number of hydrogen-bond donors (Lipinski definition) is 0. The molecule has 4 aromatic heterocycles. The zero-order valence-corrected chi connectivity index (χ0v) is 37.8. The third-order valence-corrected chi connectivity index (χ3v) is 13.9. The number of aromatic nitrogens is 4. The van der Waals surface area contributed by atoms with Gasteiger partial charge in [-0.05, 0) is 42.8 Å². The first kappa shape index (κ1) is 37.4. The predicted octanol–water partition coefficient (Wildman–Crippen LogP) is 12.4. The topological polar surface area (TPSA) is 56.7 Å². The summed E-state index contributed by atoms with van der Waals surface area (Å²) >= 11 is -2.24. The summed E-state index contributed by atoms with van der Waals surface area (Å²) in [6.45, 7) is 7.85. The maximum atomic E-state index is 8.76. The van der Waals surface area contributed by atoms with Crippen LogP contribution in [0.5, 0.6) is 0 Å². The molecule has 0 amide bonds. The Kier molecular flexibility index (Phi) is 10.8. The summed E-state index contributed by atoms with van der Waals surface area (Å²) in [5.41, 5.74) is 10.4. The fourth-order valence-corrected chi connectivity index (χ4v) is 10.0. The molecular weight excluding hydrogens is 937 g/mol. The number of benzene rings is 5. The van der Waals surface area contributed by atoms with Crippen LogP contribution in [0.3, 0.4) is 0 Å². The van der Waals surface area contributed by atoms with Crippen molar-refractivity contribution >= 4 is 50.8 Å². The summed E-state index contributed by atoms with van der Waals surface area (Å²) in [5.74, 6) is 7.64. The van der Waals surface area contributed by atoms with Crippen molar-refractivity contribution in [3.8, 4) is 39.5 Å². The van der Waals surface area contributed by atoms with E-state index in [2.05, 4.69) is 105 Å². The number of para-hydroxylation sites is 3. The second-order valence-corrected chi connectivity index (χ2v) is 26.7. The van der Waals surface area contributed by atoms with E-state index in [1.165, 1.54) is 0 Å². The first-order valence-electron chi connectivity index (χ1n) is 20.0. The van der Waals surface area contributed by atoms with Crippen LogP contribution in [0.1, 0.15) is 34.8 Å². The van der Waals surface area contributed by atoms with E-state index in [-0.39, 0.29) is 20.1 Å². The summed E-state index contributed by atoms with van der Waals surface area (Å²) < 4.78 is 27.2. The Labute approximate surface area is 354 Å². The predicted molar refractivity (Wildman–Crippen MR) is 235 cm³/mol. The Morgan fingerprint density at radius 2 is 1.51 bits per heavy atom. The average molecular weight is 986 g/mol. The normalized spacial score (nSPS) is 12.5. The van der Waals surface area contributed by atoms with Crippen LogP contribution in [0.15, 0.2) is 144 Å². The summed E-state index contributed by atoms with van der Waals surface area (Å²) in [7, 11) is 0. The molecule has 0 aliphatic heterocycles. The molecule has 0 saturated carbocycles. The van der Waals surface area contributed by atoms with Gasteiger partial charge in [-0.3, -0.25) is 4.98 Å². The Bertz CT molecular complexity index is 2910. The quantitative estimate of drug-likeness (QED) is 0.123. The van der Waals surface area contributed by atoms with Crippen LogP contribution in [0.2, 0.25) is 17.3 Å². The van der Waals surface area contributed by atoms with Gasteiger partial charge < -0.3 is 8.98 Å². The molecule has 0 unspecified atom stereocenters. The third kappa shape index (κ3) is 8.45. The van der Waals surface area contributed by atoms with E-state index >= 15 is 0 Å². The maximum Gasteiger partial charge on any atom is 0 e. The van der Waals surface area contributed by atoms with Crippen molar-refractivity contribution in [3.63, 3.8) is 0 Å². The van der Waals surface area contributed by atoms with Crippen LogP contribution < -0.4 is 4.40 Å². The van der Waals surface area contributed by atoms with Crippen molar-refractivity contribution < 1.29 is 27.3 Å².